The van der Waals surface area contributed by atoms with Crippen molar-refractivity contribution in [3.63, 3.8) is 0 Å². The van der Waals surface area contributed by atoms with Crippen molar-refractivity contribution in [2.75, 3.05) is 5.32 Å². The molecule has 9 heteroatoms. The lowest BCUT2D eigenvalue weighted by molar-refractivity contribution is 0.102. The largest absolute Gasteiger partial charge is 0.341 e. The molecule has 0 aliphatic rings. The molecule has 0 spiro atoms. The van der Waals surface area contributed by atoms with Gasteiger partial charge in [-0.2, -0.15) is 0 Å². The van der Waals surface area contributed by atoms with Crippen molar-refractivity contribution < 1.29 is 13.6 Å². The molecular weight excluding hydrogens is 394 g/mol. The summed E-state index contributed by atoms with van der Waals surface area (Å²) in [6.45, 7) is -0.295. The Bertz CT molecular complexity index is 1360. The second kappa shape index (κ2) is 7.70. The SMILES string of the molecule is O=C(Nc1ccncc1)c1cn(Cc2c(F)cccc2F)c2ccc(=O)[nH]c2c1=O. The molecular formula is C21H14F2N4O3. The van der Waals surface area contributed by atoms with Gasteiger partial charge in [0.05, 0.1) is 12.1 Å². The molecule has 0 saturated carbocycles. The number of aromatic amines is 1. The van der Waals surface area contributed by atoms with Crippen LogP contribution in [0.1, 0.15) is 15.9 Å². The minimum absolute atomic E-state index is 0.137. The lowest BCUT2D eigenvalue weighted by Crippen LogP contribution is -2.26. The first kappa shape index (κ1) is 19.2. The molecule has 4 rings (SSSR count). The van der Waals surface area contributed by atoms with Crippen molar-refractivity contribution in [3.05, 3.63) is 104 Å². The summed E-state index contributed by atoms with van der Waals surface area (Å²) in [4.78, 5) is 43.6. The van der Waals surface area contributed by atoms with E-state index < -0.39 is 28.5 Å². The van der Waals surface area contributed by atoms with E-state index in [1.54, 1.807) is 0 Å². The van der Waals surface area contributed by atoms with Crippen molar-refractivity contribution in [2.45, 2.75) is 6.54 Å². The van der Waals surface area contributed by atoms with Crippen molar-refractivity contribution in [3.8, 4) is 0 Å². The van der Waals surface area contributed by atoms with E-state index >= 15 is 0 Å². The molecule has 3 aromatic heterocycles. The number of hydrogen-bond acceptors (Lipinski definition) is 4. The molecule has 0 fully saturated rings. The molecule has 0 radical (unpaired) electrons. The van der Waals surface area contributed by atoms with Crippen LogP contribution < -0.4 is 16.3 Å². The number of fused-ring (bicyclic) bond motifs is 1. The lowest BCUT2D eigenvalue weighted by Gasteiger charge is -2.14. The normalized spacial score (nSPS) is 10.9. The first-order valence-corrected chi connectivity index (χ1v) is 8.85. The summed E-state index contributed by atoms with van der Waals surface area (Å²) in [5.74, 6) is -2.27. The molecule has 4 aromatic rings. The van der Waals surface area contributed by atoms with Crippen LogP contribution in [0.2, 0.25) is 0 Å². The highest BCUT2D eigenvalue weighted by Crippen LogP contribution is 2.17. The average Bonchev–Trinajstić information content (AvgIpc) is 2.73. The maximum atomic E-state index is 14.2. The Morgan fingerprint density at radius 3 is 2.43 bits per heavy atom. The van der Waals surface area contributed by atoms with Crippen LogP contribution in [0.3, 0.4) is 0 Å². The summed E-state index contributed by atoms with van der Waals surface area (Å²) in [5, 5.41) is 2.56. The van der Waals surface area contributed by atoms with Gasteiger partial charge in [-0.15, -0.1) is 0 Å². The lowest BCUT2D eigenvalue weighted by atomic mass is 10.1. The number of H-pyrrole nitrogens is 1. The molecule has 7 nitrogen and oxygen atoms in total. The first-order chi connectivity index (χ1) is 14.4. The summed E-state index contributed by atoms with van der Waals surface area (Å²) < 4.78 is 29.7. The fourth-order valence-electron chi connectivity index (χ4n) is 3.08. The summed E-state index contributed by atoms with van der Waals surface area (Å²) in [7, 11) is 0. The summed E-state index contributed by atoms with van der Waals surface area (Å²) >= 11 is 0. The number of carbonyl (C=O) groups is 1. The van der Waals surface area contributed by atoms with E-state index in [2.05, 4.69) is 15.3 Å². The molecule has 1 amide bonds. The van der Waals surface area contributed by atoms with Gasteiger partial charge in [-0.3, -0.25) is 19.4 Å². The zero-order valence-corrected chi connectivity index (χ0v) is 15.4. The van der Waals surface area contributed by atoms with Crippen LogP contribution in [0.25, 0.3) is 11.0 Å². The van der Waals surface area contributed by atoms with E-state index in [9.17, 15) is 23.2 Å². The predicted octanol–water partition coefficient (Wildman–Crippen LogP) is 2.66. The van der Waals surface area contributed by atoms with Crippen LogP contribution in [0, 0.1) is 11.6 Å². The number of halogens is 2. The zero-order chi connectivity index (χ0) is 21.3. The molecule has 3 heterocycles. The zero-order valence-electron chi connectivity index (χ0n) is 15.4. The molecule has 0 saturated heterocycles. The third-order valence-corrected chi connectivity index (χ3v) is 4.54. The van der Waals surface area contributed by atoms with Crippen molar-refractivity contribution >= 4 is 22.6 Å². The van der Waals surface area contributed by atoms with Gasteiger partial charge in [0.1, 0.15) is 22.7 Å². The quantitative estimate of drug-likeness (QED) is 0.543. The predicted molar refractivity (Wildman–Crippen MR) is 106 cm³/mol. The number of anilines is 1. The van der Waals surface area contributed by atoms with Crippen LogP contribution in [-0.4, -0.2) is 20.4 Å². The molecule has 150 valence electrons. The monoisotopic (exact) mass is 408 g/mol. The Kier molecular flexibility index (Phi) is 4.93. The average molecular weight is 408 g/mol. The molecule has 2 N–H and O–H groups in total. The maximum absolute atomic E-state index is 14.2. The van der Waals surface area contributed by atoms with Crippen molar-refractivity contribution in [1.29, 1.82) is 0 Å². The van der Waals surface area contributed by atoms with Gasteiger partial charge in [0.15, 0.2) is 0 Å². The highest BCUT2D eigenvalue weighted by atomic mass is 19.1. The van der Waals surface area contributed by atoms with E-state index in [4.69, 9.17) is 0 Å². The van der Waals surface area contributed by atoms with Crippen molar-refractivity contribution in [2.24, 2.45) is 0 Å². The Morgan fingerprint density at radius 1 is 1.03 bits per heavy atom. The highest BCUT2D eigenvalue weighted by molar-refractivity contribution is 6.05. The van der Waals surface area contributed by atoms with E-state index in [0.717, 1.165) is 12.1 Å². The van der Waals surface area contributed by atoms with Gasteiger partial charge in [0, 0.05) is 35.9 Å². The molecule has 1 aromatic carbocycles. The summed E-state index contributed by atoms with van der Waals surface area (Å²) in [6, 6.07) is 9.08. The van der Waals surface area contributed by atoms with E-state index in [1.807, 2.05) is 0 Å². The standard InChI is InChI=1S/C21H14F2N4O3/c22-15-2-1-3-16(23)13(15)10-27-11-14(21(30)25-12-6-8-24-9-7-12)20(29)19-17(27)4-5-18(28)26-19/h1-9,11H,10H2,(H,26,28)(H,24,25,30). The number of aromatic nitrogens is 3. The third kappa shape index (κ3) is 3.60. The van der Waals surface area contributed by atoms with Gasteiger partial charge < -0.3 is 14.9 Å². The number of nitrogens with one attached hydrogen (secondary N) is 2. The van der Waals surface area contributed by atoms with Gasteiger partial charge in [-0.1, -0.05) is 6.07 Å². The second-order valence-electron chi connectivity index (χ2n) is 6.47. The highest BCUT2D eigenvalue weighted by Gasteiger charge is 2.18. The number of amides is 1. The molecule has 0 aliphatic heterocycles. The molecule has 30 heavy (non-hydrogen) atoms. The van der Waals surface area contributed by atoms with Crippen LogP contribution >= 0.6 is 0 Å². The summed E-state index contributed by atoms with van der Waals surface area (Å²) in [5.41, 5.74) is -1.30. The van der Waals surface area contributed by atoms with Gasteiger partial charge in [0.2, 0.25) is 11.0 Å². The van der Waals surface area contributed by atoms with Gasteiger partial charge in [-0.05, 0) is 30.3 Å². The van der Waals surface area contributed by atoms with Crippen LogP contribution in [-0.2, 0) is 6.54 Å². The first-order valence-electron chi connectivity index (χ1n) is 8.85. The van der Waals surface area contributed by atoms with Gasteiger partial charge in [0.25, 0.3) is 5.91 Å². The Hall–Kier alpha value is -4.14. The fraction of sp³-hybridized carbons (Fsp3) is 0.0476. The number of benzene rings is 1. The van der Waals surface area contributed by atoms with E-state index in [1.165, 1.54) is 53.5 Å². The minimum atomic E-state index is -0.769. The number of rotatable bonds is 4. The van der Waals surface area contributed by atoms with Crippen LogP contribution in [0.5, 0.6) is 0 Å². The maximum Gasteiger partial charge on any atom is 0.261 e. The Morgan fingerprint density at radius 2 is 1.73 bits per heavy atom. The number of carbonyl (C=O) groups excluding carboxylic acids is 1. The molecule has 0 unspecified atom stereocenters. The van der Waals surface area contributed by atoms with E-state index in [-0.39, 0.29) is 28.7 Å². The van der Waals surface area contributed by atoms with Gasteiger partial charge >= 0.3 is 0 Å². The Balaban J connectivity index is 1.87. The van der Waals surface area contributed by atoms with Crippen molar-refractivity contribution in [1.82, 2.24) is 14.5 Å². The summed E-state index contributed by atoms with van der Waals surface area (Å²) in [6.07, 6.45) is 4.14. The minimum Gasteiger partial charge on any atom is -0.341 e. The number of nitrogens with zero attached hydrogens (tertiary/aromatic N) is 2. The number of hydrogen-bond donors (Lipinski definition) is 2. The molecule has 0 bridgehead atoms. The van der Waals surface area contributed by atoms with Crippen LogP contribution in [0.4, 0.5) is 14.5 Å². The molecule has 0 atom stereocenters. The topological polar surface area (TPSA) is 96.8 Å². The third-order valence-electron chi connectivity index (χ3n) is 4.54. The van der Waals surface area contributed by atoms with Gasteiger partial charge in [-0.25, -0.2) is 8.78 Å². The molecule has 0 aliphatic carbocycles. The smallest absolute Gasteiger partial charge is 0.261 e. The van der Waals surface area contributed by atoms with E-state index in [0.29, 0.717) is 5.69 Å². The van der Waals surface area contributed by atoms with Crippen LogP contribution in [0.15, 0.2) is 70.6 Å². The second-order valence-corrected chi connectivity index (χ2v) is 6.47. The fourth-order valence-corrected chi connectivity index (χ4v) is 3.08. The Labute approximate surface area is 167 Å². The number of pyridine rings is 3.